The van der Waals surface area contributed by atoms with E-state index >= 15 is 0 Å². The third kappa shape index (κ3) is 3.21. The molecule has 0 radical (unpaired) electrons. The van der Waals surface area contributed by atoms with Crippen molar-refractivity contribution in [2.45, 2.75) is 30.7 Å². The number of ether oxygens (including phenoxy) is 1. The molecule has 0 fully saturated rings. The number of nitrogens with two attached hydrogens (primary N) is 1. The molecule has 0 unspecified atom stereocenters. The summed E-state index contributed by atoms with van der Waals surface area (Å²) in [6.45, 7) is 4.02. The predicted octanol–water partition coefficient (Wildman–Crippen LogP) is 2.47. The SMILES string of the molecule is COc1ccccc1-c1nnc(SCc2nc(C(C)C)no2)n1N. The topological polar surface area (TPSA) is 105 Å². The molecule has 0 saturated heterocycles. The van der Waals surface area contributed by atoms with Crippen molar-refractivity contribution in [2.24, 2.45) is 0 Å². The second kappa shape index (κ2) is 6.91. The zero-order valence-corrected chi connectivity index (χ0v) is 14.4. The molecule has 0 aliphatic heterocycles. The lowest BCUT2D eigenvalue weighted by Crippen LogP contribution is -2.12. The molecule has 0 spiro atoms. The highest BCUT2D eigenvalue weighted by atomic mass is 32.2. The van der Waals surface area contributed by atoms with Crippen molar-refractivity contribution < 1.29 is 9.26 Å². The van der Waals surface area contributed by atoms with E-state index in [1.54, 1.807) is 7.11 Å². The fraction of sp³-hybridized carbons (Fsp3) is 0.333. The minimum atomic E-state index is 0.225. The van der Waals surface area contributed by atoms with E-state index < -0.39 is 0 Å². The van der Waals surface area contributed by atoms with Crippen LogP contribution in [0.25, 0.3) is 11.4 Å². The molecule has 3 aromatic rings. The Labute approximate surface area is 143 Å². The maximum absolute atomic E-state index is 6.13. The fourth-order valence-electron chi connectivity index (χ4n) is 2.08. The summed E-state index contributed by atoms with van der Waals surface area (Å²) in [4.78, 5) is 4.33. The zero-order valence-electron chi connectivity index (χ0n) is 13.6. The van der Waals surface area contributed by atoms with Gasteiger partial charge in [-0.3, -0.25) is 0 Å². The largest absolute Gasteiger partial charge is 0.496 e. The highest BCUT2D eigenvalue weighted by Gasteiger charge is 2.17. The van der Waals surface area contributed by atoms with Gasteiger partial charge in [-0.1, -0.05) is 42.9 Å². The Morgan fingerprint density at radius 3 is 2.79 bits per heavy atom. The maximum Gasteiger partial charge on any atom is 0.237 e. The van der Waals surface area contributed by atoms with Crippen molar-refractivity contribution in [3.05, 3.63) is 36.0 Å². The minimum absolute atomic E-state index is 0.225. The second-order valence-electron chi connectivity index (χ2n) is 5.37. The van der Waals surface area contributed by atoms with E-state index in [0.29, 0.717) is 34.2 Å². The van der Waals surface area contributed by atoms with Crippen LogP contribution in [-0.4, -0.2) is 32.1 Å². The molecule has 9 heteroatoms. The van der Waals surface area contributed by atoms with E-state index in [9.17, 15) is 0 Å². The molecule has 8 nitrogen and oxygen atoms in total. The van der Waals surface area contributed by atoms with Crippen LogP contribution in [0.2, 0.25) is 0 Å². The Kier molecular flexibility index (Phi) is 4.70. The highest BCUT2D eigenvalue weighted by Crippen LogP contribution is 2.30. The number of para-hydroxylation sites is 1. The van der Waals surface area contributed by atoms with Crippen LogP contribution in [0, 0.1) is 0 Å². The van der Waals surface area contributed by atoms with Gasteiger partial charge in [0.05, 0.1) is 18.4 Å². The molecule has 3 rings (SSSR count). The Bertz CT molecular complexity index is 829. The smallest absolute Gasteiger partial charge is 0.237 e. The van der Waals surface area contributed by atoms with Gasteiger partial charge in [0.15, 0.2) is 11.6 Å². The van der Waals surface area contributed by atoms with E-state index in [1.807, 2.05) is 38.1 Å². The van der Waals surface area contributed by atoms with Gasteiger partial charge in [0, 0.05) is 5.92 Å². The fourth-order valence-corrected chi connectivity index (χ4v) is 2.77. The summed E-state index contributed by atoms with van der Waals surface area (Å²) in [5, 5.41) is 12.8. The van der Waals surface area contributed by atoms with E-state index in [0.717, 1.165) is 5.56 Å². The number of methoxy groups -OCH3 is 1. The molecular weight excluding hydrogens is 328 g/mol. The first-order valence-corrected chi connectivity index (χ1v) is 8.38. The molecule has 2 N–H and O–H groups in total. The van der Waals surface area contributed by atoms with Crippen LogP contribution < -0.4 is 10.6 Å². The third-order valence-corrected chi connectivity index (χ3v) is 4.27. The van der Waals surface area contributed by atoms with Crippen molar-refractivity contribution >= 4 is 11.8 Å². The quantitative estimate of drug-likeness (QED) is 0.536. The Morgan fingerprint density at radius 1 is 1.29 bits per heavy atom. The van der Waals surface area contributed by atoms with Crippen LogP contribution in [-0.2, 0) is 5.75 Å². The monoisotopic (exact) mass is 346 g/mol. The minimum Gasteiger partial charge on any atom is -0.496 e. The number of hydrogen-bond donors (Lipinski definition) is 1. The molecule has 1 aromatic carbocycles. The van der Waals surface area contributed by atoms with Crippen molar-refractivity contribution in [1.29, 1.82) is 0 Å². The summed E-state index contributed by atoms with van der Waals surface area (Å²) in [6, 6.07) is 7.51. The number of hydrogen-bond acceptors (Lipinski definition) is 8. The molecule has 2 aromatic heterocycles. The summed E-state index contributed by atoms with van der Waals surface area (Å²) < 4.78 is 12.0. The van der Waals surface area contributed by atoms with Gasteiger partial charge in [0.2, 0.25) is 11.0 Å². The maximum atomic E-state index is 6.13. The van der Waals surface area contributed by atoms with Crippen molar-refractivity contribution in [1.82, 2.24) is 25.0 Å². The highest BCUT2D eigenvalue weighted by molar-refractivity contribution is 7.98. The molecule has 2 heterocycles. The molecule has 0 aliphatic rings. The van der Waals surface area contributed by atoms with Gasteiger partial charge in [0.1, 0.15) is 5.75 Å². The molecular formula is C15H18N6O2S. The Hall–Kier alpha value is -2.55. The van der Waals surface area contributed by atoms with Crippen LogP contribution >= 0.6 is 11.8 Å². The van der Waals surface area contributed by atoms with Gasteiger partial charge in [-0.05, 0) is 12.1 Å². The lowest BCUT2D eigenvalue weighted by molar-refractivity contribution is 0.382. The van der Waals surface area contributed by atoms with Gasteiger partial charge in [0.25, 0.3) is 0 Å². The van der Waals surface area contributed by atoms with E-state index in [1.165, 1.54) is 16.4 Å². The Morgan fingerprint density at radius 2 is 2.08 bits per heavy atom. The molecule has 126 valence electrons. The Balaban J connectivity index is 1.77. The van der Waals surface area contributed by atoms with E-state index in [2.05, 4.69) is 20.3 Å². The molecule has 0 bridgehead atoms. The molecule has 0 saturated carbocycles. The zero-order chi connectivity index (χ0) is 17.1. The van der Waals surface area contributed by atoms with Crippen LogP contribution in [0.1, 0.15) is 31.5 Å². The summed E-state index contributed by atoms with van der Waals surface area (Å²) in [5.41, 5.74) is 0.779. The van der Waals surface area contributed by atoms with Gasteiger partial charge in [-0.25, -0.2) is 4.68 Å². The van der Waals surface area contributed by atoms with Crippen LogP contribution in [0.5, 0.6) is 5.75 Å². The number of aromatic nitrogens is 5. The second-order valence-corrected chi connectivity index (χ2v) is 6.31. The molecule has 0 atom stereocenters. The summed E-state index contributed by atoms with van der Waals surface area (Å²) in [6.07, 6.45) is 0. The lowest BCUT2D eigenvalue weighted by atomic mass is 10.2. The first-order valence-electron chi connectivity index (χ1n) is 7.39. The van der Waals surface area contributed by atoms with Crippen LogP contribution in [0.3, 0.4) is 0 Å². The number of benzene rings is 1. The predicted molar refractivity (Wildman–Crippen MR) is 90.1 cm³/mol. The normalized spacial score (nSPS) is 11.2. The average molecular weight is 346 g/mol. The van der Waals surface area contributed by atoms with Gasteiger partial charge in [-0.15, -0.1) is 10.2 Å². The molecule has 0 amide bonds. The number of nitrogens with zero attached hydrogens (tertiary/aromatic N) is 5. The standard InChI is InChI=1S/C15H18N6O2S/c1-9(2)13-17-12(23-20-13)8-24-15-19-18-14(21(15)16)10-6-4-5-7-11(10)22-3/h4-7,9H,8,16H2,1-3H3. The number of nitrogen functional groups attached to an aromatic ring is 1. The first kappa shape index (κ1) is 16.3. The lowest BCUT2D eigenvalue weighted by Gasteiger charge is -2.07. The number of thioether (sulfide) groups is 1. The summed E-state index contributed by atoms with van der Waals surface area (Å²) >= 11 is 1.38. The van der Waals surface area contributed by atoms with Crippen molar-refractivity contribution in [3.63, 3.8) is 0 Å². The van der Waals surface area contributed by atoms with Crippen molar-refractivity contribution in [3.8, 4) is 17.1 Å². The van der Waals surface area contributed by atoms with E-state index in [4.69, 9.17) is 15.1 Å². The summed E-state index contributed by atoms with van der Waals surface area (Å²) in [5.74, 6) is 9.26. The molecule has 0 aliphatic carbocycles. The van der Waals surface area contributed by atoms with Gasteiger partial charge in [-0.2, -0.15) is 4.98 Å². The van der Waals surface area contributed by atoms with E-state index in [-0.39, 0.29) is 5.92 Å². The number of rotatable bonds is 6. The third-order valence-electron chi connectivity index (χ3n) is 3.34. The van der Waals surface area contributed by atoms with Crippen LogP contribution in [0.4, 0.5) is 0 Å². The average Bonchev–Trinajstić information content (AvgIpc) is 3.20. The van der Waals surface area contributed by atoms with Crippen molar-refractivity contribution in [2.75, 3.05) is 13.0 Å². The van der Waals surface area contributed by atoms with Crippen LogP contribution in [0.15, 0.2) is 33.9 Å². The molecule has 24 heavy (non-hydrogen) atoms. The first-order chi connectivity index (χ1) is 11.6. The summed E-state index contributed by atoms with van der Waals surface area (Å²) in [7, 11) is 1.60. The van der Waals surface area contributed by atoms with Gasteiger partial charge >= 0.3 is 0 Å². The van der Waals surface area contributed by atoms with Gasteiger partial charge < -0.3 is 15.1 Å².